The SMILES string of the molecule is CC(C)C(CNS(=O)(=O)c1cc(C#N)ccc1Cl)C(=O)O. The molecule has 0 fully saturated rings. The van der Waals surface area contributed by atoms with Gasteiger partial charge in [0.2, 0.25) is 10.0 Å². The first-order valence-corrected chi connectivity index (χ1v) is 7.97. The molecule has 1 aromatic rings. The van der Waals surface area contributed by atoms with Gasteiger partial charge in [0.05, 0.1) is 22.6 Å². The maximum Gasteiger partial charge on any atom is 0.308 e. The van der Waals surface area contributed by atoms with E-state index in [1.165, 1.54) is 12.1 Å². The van der Waals surface area contributed by atoms with E-state index in [4.69, 9.17) is 22.0 Å². The second kappa shape index (κ2) is 6.89. The number of hydrogen-bond acceptors (Lipinski definition) is 4. The van der Waals surface area contributed by atoms with Gasteiger partial charge in [0.25, 0.3) is 0 Å². The van der Waals surface area contributed by atoms with Crippen LogP contribution in [0.1, 0.15) is 19.4 Å². The Kier molecular flexibility index (Phi) is 5.72. The third kappa shape index (κ3) is 4.43. The molecule has 0 spiro atoms. The van der Waals surface area contributed by atoms with Gasteiger partial charge in [0.1, 0.15) is 4.90 Å². The smallest absolute Gasteiger partial charge is 0.308 e. The van der Waals surface area contributed by atoms with E-state index in [9.17, 15) is 13.2 Å². The summed E-state index contributed by atoms with van der Waals surface area (Å²) in [4.78, 5) is 10.8. The number of sulfonamides is 1. The molecular weight excluding hydrogens is 316 g/mol. The summed E-state index contributed by atoms with van der Waals surface area (Å²) >= 11 is 5.83. The molecule has 114 valence electrons. The molecule has 0 saturated heterocycles. The first-order valence-electron chi connectivity index (χ1n) is 6.11. The van der Waals surface area contributed by atoms with Crippen molar-refractivity contribution >= 4 is 27.6 Å². The molecule has 0 radical (unpaired) electrons. The topological polar surface area (TPSA) is 107 Å². The quantitative estimate of drug-likeness (QED) is 0.827. The molecule has 0 aliphatic rings. The van der Waals surface area contributed by atoms with E-state index in [-0.39, 0.29) is 27.9 Å². The Morgan fingerprint density at radius 3 is 2.57 bits per heavy atom. The number of carboxylic acid groups (broad SMARTS) is 1. The summed E-state index contributed by atoms with van der Waals surface area (Å²) < 4.78 is 26.6. The van der Waals surface area contributed by atoms with Crippen LogP contribution in [0.25, 0.3) is 0 Å². The average molecular weight is 331 g/mol. The first-order chi connectivity index (χ1) is 9.69. The molecule has 1 atom stereocenters. The van der Waals surface area contributed by atoms with E-state index in [2.05, 4.69) is 4.72 Å². The Morgan fingerprint density at radius 2 is 2.10 bits per heavy atom. The number of benzene rings is 1. The van der Waals surface area contributed by atoms with Crippen LogP contribution in [-0.2, 0) is 14.8 Å². The van der Waals surface area contributed by atoms with Gasteiger partial charge < -0.3 is 5.11 Å². The molecule has 2 N–H and O–H groups in total. The second-order valence-corrected chi connectivity index (χ2v) is 6.94. The van der Waals surface area contributed by atoms with E-state index in [0.29, 0.717) is 0 Å². The van der Waals surface area contributed by atoms with Crippen molar-refractivity contribution in [2.45, 2.75) is 18.7 Å². The number of hydrogen-bond donors (Lipinski definition) is 2. The fourth-order valence-corrected chi connectivity index (χ4v) is 3.25. The number of nitrogens with zero attached hydrogens (tertiary/aromatic N) is 1. The van der Waals surface area contributed by atoms with Crippen molar-refractivity contribution in [3.05, 3.63) is 28.8 Å². The lowest BCUT2D eigenvalue weighted by Gasteiger charge is -2.17. The summed E-state index contributed by atoms with van der Waals surface area (Å²) in [7, 11) is -3.98. The van der Waals surface area contributed by atoms with E-state index in [1.807, 2.05) is 6.07 Å². The molecule has 0 saturated carbocycles. The van der Waals surface area contributed by atoms with Crippen LogP contribution < -0.4 is 4.72 Å². The van der Waals surface area contributed by atoms with Crippen molar-refractivity contribution in [3.63, 3.8) is 0 Å². The molecule has 1 unspecified atom stereocenters. The molecule has 0 amide bonds. The summed E-state index contributed by atoms with van der Waals surface area (Å²) in [5, 5.41) is 17.8. The molecule has 0 bridgehead atoms. The van der Waals surface area contributed by atoms with Crippen LogP contribution in [-0.4, -0.2) is 26.0 Å². The van der Waals surface area contributed by atoms with Crippen LogP contribution in [0.4, 0.5) is 0 Å². The minimum absolute atomic E-state index is 0.0297. The van der Waals surface area contributed by atoms with Crippen molar-refractivity contribution in [2.75, 3.05) is 6.54 Å². The Labute approximate surface area is 128 Å². The fourth-order valence-electron chi connectivity index (χ4n) is 1.66. The molecule has 6 nitrogen and oxygen atoms in total. The third-order valence-corrected chi connectivity index (χ3v) is 4.87. The van der Waals surface area contributed by atoms with Crippen LogP contribution >= 0.6 is 11.6 Å². The maximum absolute atomic E-state index is 12.2. The number of rotatable bonds is 6. The summed E-state index contributed by atoms with van der Waals surface area (Å²) in [5.74, 6) is -2.16. The van der Waals surface area contributed by atoms with Crippen LogP contribution in [0.5, 0.6) is 0 Å². The van der Waals surface area contributed by atoms with Crippen LogP contribution in [0.15, 0.2) is 23.1 Å². The number of carboxylic acids is 1. The number of nitriles is 1. The van der Waals surface area contributed by atoms with Gasteiger partial charge in [-0.3, -0.25) is 4.79 Å². The normalized spacial score (nSPS) is 12.9. The summed E-state index contributed by atoms with van der Waals surface area (Å²) in [5.41, 5.74) is 0.151. The molecule has 8 heteroatoms. The highest BCUT2D eigenvalue weighted by molar-refractivity contribution is 7.89. The van der Waals surface area contributed by atoms with Crippen molar-refractivity contribution in [2.24, 2.45) is 11.8 Å². The van der Waals surface area contributed by atoms with E-state index in [1.54, 1.807) is 13.8 Å². The van der Waals surface area contributed by atoms with Gasteiger partial charge in [-0.05, 0) is 24.1 Å². The lowest BCUT2D eigenvalue weighted by molar-refractivity contribution is -0.142. The van der Waals surface area contributed by atoms with Gasteiger partial charge in [-0.15, -0.1) is 0 Å². The second-order valence-electron chi connectivity index (χ2n) is 4.80. The maximum atomic E-state index is 12.2. The predicted molar refractivity (Wildman–Crippen MR) is 77.3 cm³/mol. The van der Waals surface area contributed by atoms with E-state index >= 15 is 0 Å². The van der Waals surface area contributed by atoms with Crippen LogP contribution in [0.2, 0.25) is 5.02 Å². The number of aliphatic carboxylic acids is 1. The van der Waals surface area contributed by atoms with E-state index in [0.717, 1.165) is 6.07 Å². The monoisotopic (exact) mass is 330 g/mol. The molecule has 1 aromatic carbocycles. The van der Waals surface area contributed by atoms with Gasteiger partial charge in [-0.25, -0.2) is 13.1 Å². The van der Waals surface area contributed by atoms with Crippen molar-refractivity contribution < 1.29 is 18.3 Å². The number of carbonyl (C=O) groups is 1. The molecule has 1 rings (SSSR count). The Hall–Kier alpha value is -1.62. The summed E-state index contributed by atoms with van der Waals surface area (Å²) in [6.07, 6.45) is 0. The minimum atomic E-state index is -3.98. The van der Waals surface area contributed by atoms with E-state index < -0.39 is 21.9 Å². The summed E-state index contributed by atoms with van der Waals surface area (Å²) in [6.45, 7) is 3.13. The van der Waals surface area contributed by atoms with Gasteiger partial charge in [-0.2, -0.15) is 5.26 Å². The van der Waals surface area contributed by atoms with Crippen molar-refractivity contribution in [3.8, 4) is 6.07 Å². The van der Waals surface area contributed by atoms with Gasteiger partial charge >= 0.3 is 5.97 Å². The Bertz CT molecular complexity index is 680. The first kappa shape index (κ1) is 17.4. The van der Waals surface area contributed by atoms with Gasteiger partial charge in [0, 0.05) is 6.54 Å². The third-order valence-electron chi connectivity index (χ3n) is 2.97. The van der Waals surface area contributed by atoms with Crippen molar-refractivity contribution in [1.29, 1.82) is 5.26 Å². The highest BCUT2D eigenvalue weighted by Gasteiger charge is 2.25. The fraction of sp³-hybridized carbons (Fsp3) is 0.385. The molecule has 21 heavy (non-hydrogen) atoms. The summed E-state index contributed by atoms with van der Waals surface area (Å²) in [6, 6.07) is 5.68. The van der Waals surface area contributed by atoms with Gasteiger partial charge in [-0.1, -0.05) is 25.4 Å². The average Bonchev–Trinajstić information content (AvgIpc) is 2.38. The highest BCUT2D eigenvalue weighted by atomic mass is 35.5. The standard InChI is InChI=1S/C13H15ClN2O4S/c1-8(2)10(13(17)18)7-16-21(19,20)12-5-9(6-15)3-4-11(12)14/h3-5,8,10,16H,7H2,1-2H3,(H,17,18). The minimum Gasteiger partial charge on any atom is -0.481 e. The number of nitrogens with one attached hydrogen (secondary N) is 1. The lowest BCUT2D eigenvalue weighted by atomic mass is 9.97. The van der Waals surface area contributed by atoms with Crippen LogP contribution in [0, 0.1) is 23.2 Å². The number of halogens is 1. The Morgan fingerprint density at radius 1 is 1.48 bits per heavy atom. The zero-order valence-electron chi connectivity index (χ0n) is 11.5. The molecule has 0 aliphatic carbocycles. The van der Waals surface area contributed by atoms with Gasteiger partial charge in [0.15, 0.2) is 0 Å². The van der Waals surface area contributed by atoms with Crippen LogP contribution in [0.3, 0.4) is 0 Å². The zero-order valence-corrected chi connectivity index (χ0v) is 13.1. The molecular formula is C13H15ClN2O4S. The highest BCUT2D eigenvalue weighted by Crippen LogP contribution is 2.22. The zero-order chi connectivity index (χ0) is 16.2. The molecule has 0 aromatic heterocycles. The largest absolute Gasteiger partial charge is 0.481 e. The molecule has 0 aliphatic heterocycles. The molecule has 0 heterocycles. The Balaban J connectivity index is 3.03. The van der Waals surface area contributed by atoms with Crippen molar-refractivity contribution in [1.82, 2.24) is 4.72 Å². The lowest BCUT2D eigenvalue weighted by Crippen LogP contribution is -2.35. The predicted octanol–water partition coefficient (Wildman–Crippen LogP) is 1.85.